The van der Waals surface area contributed by atoms with Crippen LogP contribution < -0.4 is 0 Å². The first-order valence-electron chi connectivity index (χ1n) is 10.4. The number of aromatic amines is 1. The van der Waals surface area contributed by atoms with Crippen LogP contribution in [0.2, 0.25) is 0 Å². The fourth-order valence-corrected chi connectivity index (χ4v) is 4.08. The molecule has 31 heavy (non-hydrogen) atoms. The number of nitrogens with zero attached hydrogens (tertiary/aromatic N) is 1. The normalized spacial score (nSPS) is 11.8. The first-order chi connectivity index (χ1) is 14.9. The molecular weight excluding hydrogens is 384 g/mol. The van der Waals surface area contributed by atoms with Crippen molar-refractivity contribution in [2.24, 2.45) is 0 Å². The minimum Gasteiger partial charge on any atom is -0.443 e. The molecule has 0 amide bonds. The summed E-state index contributed by atoms with van der Waals surface area (Å²) in [5.41, 5.74) is 5.97. The SMILES string of the molecule is CC(C)(C)OC(=O)n1ccc2c(-c3cccc(-c4cccc5[nH]ccc45)c3)cccc21. The lowest BCUT2D eigenvalue weighted by molar-refractivity contribution is 0.0544. The van der Waals surface area contributed by atoms with Gasteiger partial charge in [-0.15, -0.1) is 0 Å². The van der Waals surface area contributed by atoms with Crippen molar-refractivity contribution in [3.63, 3.8) is 0 Å². The van der Waals surface area contributed by atoms with E-state index in [4.69, 9.17) is 4.74 Å². The van der Waals surface area contributed by atoms with Crippen LogP contribution in [0.25, 0.3) is 44.1 Å². The summed E-state index contributed by atoms with van der Waals surface area (Å²) in [6.07, 6.45) is 3.39. The van der Waals surface area contributed by atoms with Crippen molar-refractivity contribution in [2.75, 3.05) is 0 Å². The summed E-state index contributed by atoms with van der Waals surface area (Å²) >= 11 is 0. The number of rotatable bonds is 2. The Hall–Kier alpha value is -3.79. The van der Waals surface area contributed by atoms with Gasteiger partial charge < -0.3 is 9.72 Å². The number of ether oxygens (including phenoxy) is 1. The minimum atomic E-state index is -0.543. The van der Waals surface area contributed by atoms with Gasteiger partial charge in [0, 0.05) is 28.7 Å². The van der Waals surface area contributed by atoms with Crippen molar-refractivity contribution in [1.29, 1.82) is 0 Å². The molecule has 0 atom stereocenters. The maximum atomic E-state index is 12.7. The quantitative estimate of drug-likeness (QED) is 0.335. The van der Waals surface area contributed by atoms with Gasteiger partial charge in [-0.2, -0.15) is 0 Å². The average molecular weight is 409 g/mol. The van der Waals surface area contributed by atoms with E-state index in [1.165, 1.54) is 10.9 Å². The van der Waals surface area contributed by atoms with Gasteiger partial charge >= 0.3 is 6.09 Å². The lowest BCUT2D eigenvalue weighted by Crippen LogP contribution is -2.26. The minimum absolute atomic E-state index is 0.368. The zero-order valence-electron chi connectivity index (χ0n) is 17.8. The molecular formula is C27H24N2O2. The average Bonchev–Trinajstić information content (AvgIpc) is 3.39. The molecule has 2 heterocycles. The predicted octanol–water partition coefficient (Wildman–Crippen LogP) is 7.24. The van der Waals surface area contributed by atoms with E-state index in [-0.39, 0.29) is 6.09 Å². The van der Waals surface area contributed by atoms with Gasteiger partial charge in [-0.05, 0) is 73.4 Å². The highest BCUT2D eigenvalue weighted by molar-refractivity contribution is 6.01. The molecule has 0 aliphatic heterocycles. The van der Waals surface area contributed by atoms with E-state index >= 15 is 0 Å². The summed E-state index contributed by atoms with van der Waals surface area (Å²) in [7, 11) is 0. The smallest absolute Gasteiger partial charge is 0.418 e. The molecule has 0 aliphatic rings. The van der Waals surface area contributed by atoms with Crippen LogP contribution in [0.15, 0.2) is 85.2 Å². The Morgan fingerprint density at radius 2 is 1.52 bits per heavy atom. The van der Waals surface area contributed by atoms with Gasteiger partial charge in [-0.1, -0.05) is 42.5 Å². The summed E-state index contributed by atoms with van der Waals surface area (Å²) in [5, 5.41) is 2.22. The molecule has 5 aromatic rings. The highest BCUT2D eigenvalue weighted by Gasteiger charge is 2.19. The molecule has 154 valence electrons. The van der Waals surface area contributed by atoms with Crippen molar-refractivity contribution in [3.05, 3.63) is 85.2 Å². The van der Waals surface area contributed by atoms with Crippen molar-refractivity contribution in [1.82, 2.24) is 9.55 Å². The molecule has 0 aliphatic carbocycles. The highest BCUT2D eigenvalue weighted by atomic mass is 16.6. The van der Waals surface area contributed by atoms with Crippen LogP contribution in [0.1, 0.15) is 20.8 Å². The van der Waals surface area contributed by atoms with Crippen LogP contribution in [-0.4, -0.2) is 21.2 Å². The first-order valence-corrected chi connectivity index (χ1v) is 10.4. The third-order valence-corrected chi connectivity index (χ3v) is 5.40. The molecule has 3 aromatic carbocycles. The summed E-state index contributed by atoms with van der Waals surface area (Å²) in [6, 6.07) is 25.0. The van der Waals surface area contributed by atoms with Crippen LogP contribution in [0.5, 0.6) is 0 Å². The number of carbonyl (C=O) groups excluding carboxylic acids is 1. The summed E-state index contributed by atoms with van der Waals surface area (Å²) in [5.74, 6) is 0. The Morgan fingerprint density at radius 3 is 2.26 bits per heavy atom. The number of fused-ring (bicyclic) bond motifs is 2. The topological polar surface area (TPSA) is 47.0 Å². The van der Waals surface area contributed by atoms with E-state index in [1.54, 1.807) is 10.8 Å². The second kappa shape index (κ2) is 7.17. The Morgan fingerprint density at radius 1 is 0.839 bits per heavy atom. The molecule has 1 N–H and O–H groups in total. The van der Waals surface area contributed by atoms with Gasteiger partial charge in [0.05, 0.1) is 5.52 Å². The molecule has 0 unspecified atom stereocenters. The molecule has 0 spiro atoms. The van der Waals surface area contributed by atoms with Crippen LogP contribution >= 0.6 is 0 Å². The third-order valence-electron chi connectivity index (χ3n) is 5.40. The number of aromatic nitrogens is 2. The number of carbonyl (C=O) groups is 1. The van der Waals surface area contributed by atoms with E-state index in [0.29, 0.717) is 0 Å². The largest absolute Gasteiger partial charge is 0.443 e. The zero-order chi connectivity index (χ0) is 21.6. The predicted molar refractivity (Wildman–Crippen MR) is 126 cm³/mol. The summed E-state index contributed by atoms with van der Waals surface area (Å²) in [6.45, 7) is 5.62. The number of hydrogen-bond acceptors (Lipinski definition) is 2. The second-order valence-corrected chi connectivity index (χ2v) is 8.73. The Bertz CT molecular complexity index is 1420. The van der Waals surface area contributed by atoms with E-state index < -0.39 is 5.60 Å². The lowest BCUT2D eigenvalue weighted by atomic mass is 9.96. The molecule has 4 heteroatoms. The molecule has 5 rings (SSSR count). The summed E-state index contributed by atoms with van der Waals surface area (Å²) in [4.78, 5) is 15.9. The molecule has 0 radical (unpaired) electrons. The monoisotopic (exact) mass is 408 g/mol. The molecule has 0 saturated heterocycles. The van der Waals surface area contributed by atoms with Crippen molar-refractivity contribution < 1.29 is 9.53 Å². The summed E-state index contributed by atoms with van der Waals surface area (Å²) < 4.78 is 7.14. The molecule has 0 saturated carbocycles. The molecule has 4 nitrogen and oxygen atoms in total. The van der Waals surface area contributed by atoms with Crippen LogP contribution in [0, 0.1) is 0 Å². The first kappa shape index (κ1) is 19.2. The molecule has 2 aromatic heterocycles. The fourth-order valence-electron chi connectivity index (χ4n) is 4.08. The van der Waals surface area contributed by atoms with Gasteiger partial charge in [0.1, 0.15) is 5.60 Å². The van der Waals surface area contributed by atoms with Gasteiger partial charge in [-0.25, -0.2) is 4.79 Å². The maximum absolute atomic E-state index is 12.7. The van der Waals surface area contributed by atoms with Gasteiger partial charge in [0.25, 0.3) is 0 Å². The Balaban J connectivity index is 1.60. The maximum Gasteiger partial charge on any atom is 0.418 e. The number of H-pyrrole nitrogens is 1. The van der Waals surface area contributed by atoms with E-state index in [2.05, 4.69) is 59.6 Å². The van der Waals surface area contributed by atoms with Crippen molar-refractivity contribution in [3.8, 4) is 22.3 Å². The second-order valence-electron chi connectivity index (χ2n) is 8.73. The van der Waals surface area contributed by atoms with Gasteiger partial charge in [0.15, 0.2) is 0 Å². The highest BCUT2D eigenvalue weighted by Crippen LogP contribution is 2.34. The number of hydrogen-bond donors (Lipinski definition) is 1. The van der Waals surface area contributed by atoms with E-state index in [9.17, 15) is 4.79 Å². The van der Waals surface area contributed by atoms with E-state index in [1.807, 2.05) is 45.2 Å². The van der Waals surface area contributed by atoms with Gasteiger partial charge in [0.2, 0.25) is 0 Å². The fraction of sp³-hybridized carbons (Fsp3) is 0.148. The zero-order valence-corrected chi connectivity index (χ0v) is 17.8. The van der Waals surface area contributed by atoms with Crippen LogP contribution in [-0.2, 0) is 4.74 Å². The molecule has 0 bridgehead atoms. The number of benzene rings is 3. The van der Waals surface area contributed by atoms with Crippen LogP contribution in [0.3, 0.4) is 0 Å². The standard InChI is InChI=1S/C27H24N2O2/c1-27(2,3)31-26(30)29-16-14-23-21(10-6-12-25(23)29)19-8-4-7-18(17-19)20-9-5-11-24-22(20)13-15-28-24/h4-17,28H,1-3H3. The third kappa shape index (κ3) is 3.50. The van der Waals surface area contributed by atoms with Crippen molar-refractivity contribution in [2.45, 2.75) is 26.4 Å². The van der Waals surface area contributed by atoms with Gasteiger partial charge in [-0.3, -0.25) is 4.57 Å². The molecule has 0 fully saturated rings. The Kier molecular flexibility index (Phi) is 4.44. The van der Waals surface area contributed by atoms with Crippen molar-refractivity contribution >= 4 is 27.9 Å². The lowest BCUT2D eigenvalue weighted by Gasteiger charge is -2.19. The van der Waals surface area contributed by atoms with E-state index in [0.717, 1.165) is 33.1 Å². The Labute approximate surface area is 181 Å². The van der Waals surface area contributed by atoms with Crippen LogP contribution in [0.4, 0.5) is 4.79 Å². The number of nitrogens with one attached hydrogen (secondary N) is 1.